The Labute approximate surface area is 111 Å². The van der Waals surface area contributed by atoms with Gasteiger partial charge in [-0.05, 0) is 37.5 Å². The maximum atomic E-state index is 13.4. The van der Waals surface area contributed by atoms with Crippen LogP contribution in [0, 0.1) is 12.7 Å². The molecular formula is C14H17FN2O2. The van der Waals surface area contributed by atoms with Crippen LogP contribution in [0.5, 0.6) is 0 Å². The number of aryl methyl sites for hydroxylation is 1. The van der Waals surface area contributed by atoms with Crippen LogP contribution in [0.4, 0.5) is 4.39 Å². The first-order chi connectivity index (χ1) is 9.06. The standard InChI is InChI=1S/C14H17FN2O2/c1-9-2-3-10(8-12(9)15)14(19)17-11-4-5-13(18)16-7-6-11/h2-3,8,11H,4-7H2,1H3,(H,16,18)(H,17,19)/t11-/m0/s1. The van der Waals surface area contributed by atoms with Crippen LogP contribution < -0.4 is 10.6 Å². The van der Waals surface area contributed by atoms with E-state index in [4.69, 9.17) is 0 Å². The molecule has 1 heterocycles. The van der Waals surface area contributed by atoms with Gasteiger partial charge in [0, 0.05) is 24.6 Å². The lowest BCUT2D eigenvalue weighted by Gasteiger charge is -2.15. The largest absolute Gasteiger partial charge is 0.356 e. The Morgan fingerprint density at radius 2 is 2.21 bits per heavy atom. The summed E-state index contributed by atoms with van der Waals surface area (Å²) in [7, 11) is 0. The highest BCUT2D eigenvalue weighted by Crippen LogP contribution is 2.11. The van der Waals surface area contributed by atoms with Crippen LogP contribution in [0.15, 0.2) is 18.2 Å². The fourth-order valence-corrected chi connectivity index (χ4v) is 2.07. The smallest absolute Gasteiger partial charge is 0.251 e. The highest BCUT2D eigenvalue weighted by atomic mass is 19.1. The molecule has 0 radical (unpaired) electrons. The number of amides is 2. The molecule has 2 rings (SSSR count). The summed E-state index contributed by atoms with van der Waals surface area (Å²) in [6.07, 6.45) is 1.73. The molecule has 0 unspecified atom stereocenters. The van der Waals surface area contributed by atoms with Gasteiger partial charge >= 0.3 is 0 Å². The number of carbonyl (C=O) groups is 2. The topological polar surface area (TPSA) is 58.2 Å². The van der Waals surface area contributed by atoms with E-state index in [1.54, 1.807) is 19.1 Å². The van der Waals surface area contributed by atoms with Gasteiger partial charge in [0.2, 0.25) is 5.91 Å². The fourth-order valence-electron chi connectivity index (χ4n) is 2.07. The molecule has 0 saturated carbocycles. The first-order valence-corrected chi connectivity index (χ1v) is 6.40. The second kappa shape index (κ2) is 5.82. The molecule has 1 aromatic carbocycles. The Kier molecular flexibility index (Phi) is 4.14. The first-order valence-electron chi connectivity index (χ1n) is 6.40. The third-order valence-electron chi connectivity index (χ3n) is 3.30. The Morgan fingerprint density at radius 1 is 1.42 bits per heavy atom. The van der Waals surface area contributed by atoms with Crippen molar-refractivity contribution in [2.45, 2.75) is 32.2 Å². The van der Waals surface area contributed by atoms with Gasteiger partial charge in [-0.1, -0.05) is 6.07 Å². The zero-order valence-electron chi connectivity index (χ0n) is 10.8. The van der Waals surface area contributed by atoms with E-state index < -0.39 is 0 Å². The SMILES string of the molecule is Cc1ccc(C(=O)N[C@@H]2CCNC(=O)CC2)cc1F. The minimum atomic E-state index is -0.384. The van der Waals surface area contributed by atoms with E-state index in [1.165, 1.54) is 6.07 Å². The molecule has 19 heavy (non-hydrogen) atoms. The van der Waals surface area contributed by atoms with E-state index in [9.17, 15) is 14.0 Å². The van der Waals surface area contributed by atoms with Crippen molar-refractivity contribution in [2.75, 3.05) is 6.54 Å². The minimum absolute atomic E-state index is 0.0122. The van der Waals surface area contributed by atoms with Gasteiger partial charge in [-0.3, -0.25) is 9.59 Å². The second-order valence-electron chi connectivity index (χ2n) is 4.81. The van der Waals surface area contributed by atoms with Crippen LogP contribution >= 0.6 is 0 Å². The number of halogens is 1. The van der Waals surface area contributed by atoms with E-state index in [0.29, 0.717) is 36.9 Å². The van der Waals surface area contributed by atoms with E-state index in [-0.39, 0.29) is 23.7 Å². The van der Waals surface area contributed by atoms with Crippen LogP contribution in [-0.4, -0.2) is 24.4 Å². The molecule has 0 spiro atoms. The molecule has 0 bridgehead atoms. The van der Waals surface area contributed by atoms with Crippen LogP contribution in [0.3, 0.4) is 0 Å². The molecule has 5 heteroatoms. The van der Waals surface area contributed by atoms with Crippen molar-refractivity contribution in [2.24, 2.45) is 0 Å². The zero-order valence-corrected chi connectivity index (χ0v) is 10.8. The molecule has 1 fully saturated rings. The lowest BCUT2D eigenvalue weighted by molar-refractivity contribution is -0.120. The van der Waals surface area contributed by atoms with Crippen molar-refractivity contribution in [3.8, 4) is 0 Å². The first kappa shape index (κ1) is 13.5. The van der Waals surface area contributed by atoms with Crippen molar-refractivity contribution >= 4 is 11.8 Å². The molecule has 102 valence electrons. The van der Waals surface area contributed by atoms with Crippen molar-refractivity contribution in [3.63, 3.8) is 0 Å². The van der Waals surface area contributed by atoms with Crippen molar-refractivity contribution < 1.29 is 14.0 Å². The fraction of sp³-hybridized carbons (Fsp3) is 0.429. The number of carbonyl (C=O) groups excluding carboxylic acids is 2. The molecule has 1 aromatic rings. The zero-order chi connectivity index (χ0) is 13.8. The Bertz CT molecular complexity index is 502. The molecule has 1 saturated heterocycles. The molecule has 0 aromatic heterocycles. The van der Waals surface area contributed by atoms with Gasteiger partial charge in [0.1, 0.15) is 5.82 Å². The molecule has 1 aliphatic heterocycles. The van der Waals surface area contributed by atoms with E-state index >= 15 is 0 Å². The van der Waals surface area contributed by atoms with E-state index in [1.807, 2.05) is 0 Å². The molecule has 1 aliphatic rings. The molecule has 2 amide bonds. The van der Waals surface area contributed by atoms with Crippen molar-refractivity contribution in [1.29, 1.82) is 0 Å². The predicted octanol–water partition coefficient (Wildman–Crippen LogP) is 1.53. The van der Waals surface area contributed by atoms with Gasteiger partial charge in [0.15, 0.2) is 0 Å². The van der Waals surface area contributed by atoms with Gasteiger partial charge in [-0.25, -0.2) is 4.39 Å². The van der Waals surface area contributed by atoms with Crippen LogP contribution in [-0.2, 0) is 4.79 Å². The van der Waals surface area contributed by atoms with Crippen molar-refractivity contribution in [1.82, 2.24) is 10.6 Å². The third kappa shape index (κ3) is 3.53. The normalized spacial score (nSPS) is 19.5. The highest BCUT2D eigenvalue weighted by molar-refractivity contribution is 5.94. The van der Waals surface area contributed by atoms with Gasteiger partial charge in [0.05, 0.1) is 0 Å². The summed E-state index contributed by atoms with van der Waals surface area (Å²) in [5.41, 5.74) is 0.826. The summed E-state index contributed by atoms with van der Waals surface area (Å²) in [5.74, 6) is -0.665. The lowest BCUT2D eigenvalue weighted by Crippen LogP contribution is -2.35. The monoisotopic (exact) mass is 264 g/mol. The number of rotatable bonds is 2. The van der Waals surface area contributed by atoms with E-state index in [2.05, 4.69) is 10.6 Å². The molecule has 2 N–H and O–H groups in total. The summed E-state index contributed by atoms with van der Waals surface area (Å²) >= 11 is 0. The van der Waals surface area contributed by atoms with Crippen molar-refractivity contribution in [3.05, 3.63) is 35.1 Å². The van der Waals surface area contributed by atoms with Gasteiger partial charge in [-0.15, -0.1) is 0 Å². The highest BCUT2D eigenvalue weighted by Gasteiger charge is 2.18. The van der Waals surface area contributed by atoms with Crippen LogP contribution in [0.25, 0.3) is 0 Å². The Balaban J connectivity index is 2.00. The van der Waals surface area contributed by atoms with Gasteiger partial charge < -0.3 is 10.6 Å². The summed E-state index contributed by atoms with van der Waals surface area (Å²) in [4.78, 5) is 23.2. The number of hydrogen-bond donors (Lipinski definition) is 2. The Morgan fingerprint density at radius 3 is 2.95 bits per heavy atom. The molecule has 0 aliphatic carbocycles. The molecular weight excluding hydrogens is 247 g/mol. The molecule has 4 nitrogen and oxygen atoms in total. The summed E-state index contributed by atoms with van der Waals surface area (Å²) in [6, 6.07) is 4.39. The average Bonchev–Trinajstić information content (AvgIpc) is 2.58. The lowest BCUT2D eigenvalue weighted by atomic mass is 10.1. The quantitative estimate of drug-likeness (QED) is 0.851. The van der Waals surface area contributed by atoms with E-state index in [0.717, 1.165) is 0 Å². The minimum Gasteiger partial charge on any atom is -0.356 e. The molecule has 1 atom stereocenters. The number of hydrogen-bond acceptors (Lipinski definition) is 2. The summed E-state index contributed by atoms with van der Waals surface area (Å²) in [6.45, 7) is 2.21. The average molecular weight is 264 g/mol. The third-order valence-corrected chi connectivity index (χ3v) is 3.30. The number of benzene rings is 1. The predicted molar refractivity (Wildman–Crippen MR) is 69.3 cm³/mol. The Hall–Kier alpha value is -1.91. The maximum absolute atomic E-state index is 13.4. The van der Waals surface area contributed by atoms with Gasteiger partial charge in [-0.2, -0.15) is 0 Å². The number of nitrogens with one attached hydrogen (secondary N) is 2. The second-order valence-corrected chi connectivity index (χ2v) is 4.81. The summed E-state index contributed by atoms with van der Waals surface area (Å²) in [5, 5.41) is 5.60. The van der Waals surface area contributed by atoms with Crippen LogP contribution in [0.1, 0.15) is 35.2 Å². The maximum Gasteiger partial charge on any atom is 0.251 e. The van der Waals surface area contributed by atoms with Crippen LogP contribution in [0.2, 0.25) is 0 Å². The summed E-state index contributed by atoms with van der Waals surface area (Å²) < 4.78 is 13.4. The van der Waals surface area contributed by atoms with Gasteiger partial charge in [0.25, 0.3) is 5.91 Å².